The molecule has 1 aromatic carbocycles. The number of fused-ring (bicyclic) bond motifs is 1. The Balaban J connectivity index is 2.12. The number of hydrogen-bond acceptors (Lipinski definition) is 4. The molecule has 0 aliphatic heterocycles. The lowest BCUT2D eigenvalue weighted by molar-refractivity contribution is 0.318. The first-order valence-electron chi connectivity index (χ1n) is 7.35. The van der Waals surface area contributed by atoms with E-state index in [1.54, 1.807) is 0 Å². The van der Waals surface area contributed by atoms with Crippen molar-refractivity contribution in [3.05, 3.63) is 35.9 Å². The van der Waals surface area contributed by atoms with Gasteiger partial charge in [0.25, 0.3) is 0 Å². The lowest BCUT2D eigenvalue weighted by atomic mass is 10.1. The summed E-state index contributed by atoms with van der Waals surface area (Å²) < 4.78 is 0. The summed E-state index contributed by atoms with van der Waals surface area (Å²) in [5.74, 6) is 1.66. The fraction of sp³-hybridized carbons (Fsp3) is 0.375. The van der Waals surface area contributed by atoms with Crippen LogP contribution in [-0.2, 0) is 0 Å². The normalized spacial score (nSPS) is 15.4. The predicted octanol–water partition coefficient (Wildman–Crippen LogP) is 2.57. The molecule has 2 aromatic rings. The molecule has 0 unspecified atom stereocenters. The van der Waals surface area contributed by atoms with Gasteiger partial charge in [0, 0.05) is 18.5 Å². The molecule has 0 spiro atoms. The largest absolute Gasteiger partial charge is 0.409 e. The maximum absolute atomic E-state index is 9.05. The molecule has 3 N–H and O–H groups in total. The molecule has 3 rings (SSSR count). The SMILES string of the molecule is CCN(CC1CC1)c1nc2ccccc2cc1C(N)=NO. The topological polar surface area (TPSA) is 74.7 Å². The van der Waals surface area contributed by atoms with Gasteiger partial charge in [0.1, 0.15) is 5.82 Å². The van der Waals surface area contributed by atoms with Crippen LogP contribution in [0.2, 0.25) is 0 Å². The van der Waals surface area contributed by atoms with Crippen molar-refractivity contribution in [3.8, 4) is 0 Å². The van der Waals surface area contributed by atoms with Crippen LogP contribution >= 0.6 is 0 Å². The summed E-state index contributed by atoms with van der Waals surface area (Å²) >= 11 is 0. The van der Waals surface area contributed by atoms with E-state index in [1.165, 1.54) is 12.8 Å². The van der Waals surface area contributed by atoms with Gasteiger partial charge in [-0.2, -0.15) is 0 Å². The van der Waals surface area contributed by atoms with Crippen LogP contribution in [-0.4, -0.2) is 29.1 Å². The van der Waals surface area contributed by atoms with E-state index in [0.717, 1.165) is 35.7 Å². The van der Waals surface area contributed by atoms with Crippen LogP contribution in [0, 0.1) is 5.92 Å². The van der Waals surface area contributed by atoms with E-state index >= 15 is 0 Å². The number of oxime groups is 1. The van der Waals surface area contributed by atoms with Crippen molar-refractivity contribution in [1.82, 2.24) is 4.98 Å². The number of hydrogen-bond donors (Lipinski definition) is 2. The molecule has 1 saturated carbocycles. The van der Waals surface area contributed by atoms with Gasteiger partial charge in [-0.3, -0.25) is 0 Å². The van der Waals surface area contributed by atoms with Crippen LogP contribution in [0.3, 0.4) is 0 Å². The summed E-state index contributed by atoms with van der Waals surface area (Å²) in [6.45, 7) is 3.94. The minimum absolute atomic E-state index is 0.109. The van der Waals surface area contributed by atoms with Crippen molar-refractivity contribution in [3.63, 3.8) is 0 Å². The van der Waals surface area contributed by atoms with Gasteiger partial charge in [-0.15, -0.1) is 0 Å². The molecule has 0 atom stereocenters. The van der Waals surface area contributed by atoms with Crippen molar-refractivity contribution in [1.29, 1.82) is 0 Å². The van der Waals surface area contributed by atoms with E-state index in [1.807, 2.05) is 30.3 Å². The highest BCUT2D eigenvalue weighted by molar-refractivity contribution is 6.04. The van der Waals surface area contributed by atoms with E-state index in [0.29, 0.717) is 5.56 Å². The lowest BCUT2D eigenvalue weighted by Gasteiger charge is -2.24. The molecule has 1 fully saturated rings. The zero-order valence-corrected chi connectivity index (χ0v) is 12.2. The molecule has 1 heterocycles. The molecule has 21 heavy (non-hydrogen) atoms. The summed E-state index contributed by atoms with van der Waals surface area (Å²) in [6.07, 6.45) is 2.56. The van der Waals surface area contributed by atoms with Gasteiger partial charge < -0.3 is 15.8 Å². The summed E-state index contributed by atoms with van der Waals surface area (Å²) in [6, 6.07) is 9.85. The molecule has 5 nitrogen and oxygen atoms in total. The molecular weight excluding hydrogens is 264 g/mol. The molecule has 1 aliphatic rings. The Morgan fingerprint density at radius 2 is 2.19 bits per heavy atom. The summed E-state index contributed by atoms with van der Waals surface area (Å²) in [5, 5.41) is 13.2. The first-order chi connectivity index (χ1) is 10.2. The fourth-order valence-corrected chi connectivity index (χ4v) is 2.57. The number of nitrogens with two attached hydrogens (primary N) is 1. The second kappa shape index (κ2) is 5.60. The van der Waals surface area contributed by atoms with Crippen molar-refractivity contribution >= 4 is 22.6 Å². The smallest absolute Gasteiger partial charge is 0.173 e. The van der Waals surface area contributed by atoms with Crippen molar-refractivity contribution in [2.45, 2.75) is 19.8 Å². The van der Waals surface area contributed by atoms with Crippen molar-refractivity contribution in [2.24, 2.45) is 16.8 Å². The number of anilines is 1. The zero-order valence-electron chi connectivity index (χ0n) is 12.2. The van der Waals surface area contributed by atoms with E-state index in [-0.39, 0.29) is 5.84 Å². The van der Waals surface area contributed by atoms with Gasteiger partial charge in [0.05, 0.1) is 11.1 Å². The zero-order chi connectivity index (χ0) is 14.8. The number of nitrogens with zero attached hydrogens (tertiary/aromatic N) is 3. The van der Waals surface area contributed by atoms with Gasteiger partial charge in [0.2, 0.25) is 0 Å². The van der Waals surface area contributed by atoms with Crippen molar-refractivity contribution in [2.75, 3.05) is 18.0 Å². The third kappa shape index (κ3) is 2.77. The highest BCUT2D eigenvalue weighted by Crippen LogP contribution is 2.32. The summed E-state index contributed by atoms with van der Waals surface area (Å²) in [4.78, 5) is 6.97. The van der Waals surface area contributed by atoms with Crippen molar-refractivity contribution < 1.29 is 5.21 Å². The van der Waals surface area contributed by atoms with Crippen LogP contribution in [0.1, 0.15) is 25.3 Å². The number of amidine groups is 1. The molecule has 0 radical (unpaired) electrons. The number of pyridine rings is 1. The maximum atomic E-state index is 9.05. The average Bonchev–Trinajstić information content (AvgIpc) is 3.34. The standard InChI is InChI=1S/C16H20N4O/c1-2-20(10-11-7-8-11)16-13(15(17)19-21)9-12-5-3-4-6-14(12)18-16/h3-6,9,11,21H,2,7-8,10H2,1H3,(H2,17,19). The minimum atomic E-state index is 0.109. The van der Waals surface area contributed by atoms with Gasteiger partial charge in [-0.25, -0.2) is 4.98 Å². The summed E-state index contributed by atoms with van der Waals surface area (Å²) in [5.41, 5.74) is 7.48. The monoisotopic (exact) mass is 284 g/mol. The molecule has 0 saturated heterocycles. The molecule has 0 bridgehead atoms. The fourth-order valence-electron chi connectivity index (χ4n) is 2.57. The molecule has 0 amide bonds. The molecule has 1 aromatic heterocycles. The highest BCUT2D eigenvalue weighted by atomic mass is 16.4. The number of para-hydroxylation sites is 1. The molecule has 1 aliphatic carbocycles. The quantitative estimate of drug-likeness (QED) is 0.383. The van der Waals surface area contributed by atoms with E-state index in [9.17, 15) is 0 Å². The molecular formula is C16H20N4O. The Hall–Kier alpha value is -2.30. The Morgan fingerprint density at radius 3 is 2.86 bits per heavy atom. The van der Waals surface area contributed by atoms with Crippen LogP contribution in [0.15, 0.2) is 35.5 Å². The Kier molecular flexibility index (Phi) is 3.64. The first kappa shape index (κ1) is 13.7. The van der Waals surface area contributed by atoms with Gasteiger partial charge in [0.15, 0.2) is 5.84 Å². The third-order valence-corrected chi connectivity index (χ3v) is 3.94. The second-order valence-corrected chi connectivity index (χ2v) is 5.52. The lowest BCUT2D eigenvalue weighted by Crippen LogP contribution is -2.29. The second-order valence-electron chi connectivity index (χ2n) is 5.52. The third-order valence-electron chi connectivity index (χ3n) is 3.94. The Morgan fingerprint density at radius 1 is 1.43 bits per heavy atom. The molecule has 5 heteroatoms. The van der Waals surface area contributed by atoms with E-state index < -0.39 is 0 Å². The van der Waals surface area contributed by atoms with Crippen LogP contribution in [0.25, 0.3) is 10.9 Å². The number of benzene rings is 1. The minimum Gasteiger partial charge on any atom is -0.409 e. The number of rotatable bonds is 5. The molecule has 110 valence electrons. The van der Waals surface area contributed by atoms with E-state index in [4.69, 9.17) is 15.9 Å². The summed E-state index contributed by atoms with van der Waals surface area (Å²) in [7, 11) is 0. The first-order valence-corrected chi connectivity index (χ1v) is 7.35. The van der Waals surface area contributed by atoms with Crippen LogP contribution in [0.4, 0.5) is 5.82 Å². The van der Waals surface area contributed by atoms with Gasteiger partial charge in [-0.1, -0.05) is 23.4 Å². The highest BCUT2D eigenvalue weighted by Gasteiger charge is 2.26. The average molecular weight is 284 g/mol. The van der Waals surface area contributed by atoms with Crippen LogP contribution < -0.4 is 10.6 Å². The van der Waals surface area contributed by atoms with E-state index in [2.05, 4.69) is 17.0 Å². The van der Waals surface area contributed by atoms with Crippen LogP contribution in [0.5, 0.6) is 0 Å². The Labute approximate surface area is 124 Å². The predicted molar refractivity (Wildman–Crippen MR) is 84.9 cm³/mol. The number of aromatic nitrogens is 1. The van der Waals surface area contributed by atoms with Gasteiger partial charge in [-0.05, 0) is 37.8 Å². The Bertz CT molecular complexity index is 679. The van der Waals surface area contributed by atoms with Gasteiger partial charge >= 0.3 is 0 Å². The maximum Gasteiger partial charge on any atom is 0.173 e.